The number of nitrogens with zero attached hydrogens (tertiary/aromatic N) is 3. The first-order valence-electron chi connectivity index (χ1n) is 50.2. The van der Waals surface area contributed by atoms with Crippen LogP contribution in [0.15, 0.2) is 35.1 Å². The standard InChI is InChI=1S/C100H154FN13O33/c1-15-67-68-60-77(72(101)62-76(68)108-88-69(67)63-114-78(88)61-71-70(92(114)126)64-144-95(129)100(71,131)16-2)109-89(123)66(5)106-91(125)87(65(3)4)112-90(124)73(107-83(119)21-19-35-113-84(120)25-26-85(113)121)20-17-18-31-102-80(116)28-36-132-42-48-138-54-58-142-52-46-136-40-33-104-82(118)30-38-134-44-50-140-56-59-143-53-47-137-41-34-105-81(117)29-37-133-43-49-139-55-57-141-51-45-135-39-32-103-79(115)24-22-74(93(127)146-98(9,10)11)110-96(130)111-75(94(128)147-99(12,13)14)23-27-86(122)145-97(6,7)8/h25-26,60-62,65-66,73-75,87,131H,15-24,27-59,63-64H2,1-14H3,(H,102,116)(H,103,115)(H,104,118)(H,105,117)(H,106,125)(H,107,119)(H,109,123)(H,112,124)(H2,110,111,130)/t66-,73-,74-,75-,87-,100-/m0/s1. The number of aromatic nitrogens is 2. The van der Waals surface area contributed by atoms with E-state index in [9.17, 15) is 81.8 Å². The Bertz CT molecular complexity index is 4870. The van der Waals surface area contributed by atoms with Crippen molar-refractivity contribution < 1.29 is 157 Å². The second kappa shape index (κ2) is 65.6. The van der Waals surface area contributed by atoms with Gasteiger partial charge in [-0.1, -0.05) is 27.7 Å². The van der Waals surface area contributed by atoms with E-state index in [0.29, 0.717) is 153 Å². The number of nitrogens with one attached hydrogen (secondary N) is 10. The third-order valence-electron chi connectivity index (χ3n) is 22.3. The number of amides is 12. The molecule has 5 heterocycles. The molecule has 824 valence electrons. The number of unbranched alkanes of at least 4 members (excludes halogenated alkanes) is 1. The molecule has 0 radical (unpaired) electrons. The van der Waals surface area contributed by atoms with Crippen molar-refractivity contribution in [1.29, 1.82) is 0 Å². The number of carbonyl (C=O) groups excluding carboxylic acids is 15. The van der Waals surface area contributed by atoms with E-state index in [1.807, 2.05) is 6.92 Å². The second-order valence-electron chi connectivity index (χ2n) is 38.0. The van der Waals surface area contributed by atoms with Gasteiger partial charge in [-0.3, -0.25) is 62.4 Å². The number of ether oxygens (including phenoxy) is 16. The molecule has 3 aromatic rings. The molecule has 0 spiro atoms. The number of aryl methyl sites for hydroxylation is 1. The van der Waals surface area contributed by atoms with Crippen molar-refractivity contribution in [2.45, 2.75) is 253 Å². The lowest BCUT2D eigenvalue weighted by molar-refractivity contribution is -0.172. The SMILES string of the molecule is CCc1c2c(nc3cc(F)c(NC(=O)[C@H](C)NC(=O)[C@@H](NC(=O)[C@H](CCCCNC(=O)CCOCCOCCOCCOCCNC(=O)CCOCCOCCOCCOCCNC(=O)CCOCCOCCOCCOCCNC(=O)CC[C@H](NC(=O)N[C@@H](CCC(=O)OC(C)(C)C)C(=O)OC(C)(C)C)C(=O)OC(C)(C)C)NC(=O)CCCN4C(=O)C=CC4=O)C(C)C)cc13)-c1cc3c(c(=O)n1C2)COC(=O)[C@]3(O)CC. The minimum atomic E-state index is -2.05. The van der Waals surface area contributed by atoms with Gasteiger partial charge in [-0.15, -0.1) is 0 Å². The lowest BCUT2D eigenvalue weighted by Gasteiger charge is -2.31. The van der Waals surface area contributed by atoms with Crippen LogP contribution in [-0.4, -0.2) is 347 Å². The van der Waals surface area contributed by atoms with Crippen molar-refractivity contribution in [2.24, 2.45) is 5.92 Å². The van der Waals surface area contributed by atoms with Crippen LogP contribution in [0.3, 0.4) is 0 Å². The Kier molecular flexibility index (Phi) is 55.5. The number of hydrogen-bond acceptors (Lipinski definition) is 34. The zero-order chi connectivity index (χ0) is 108. The molecule has 47 heteroatoms. The van der Waals surface area contributed by atoms with Gasteiger partial charge in [0.25, 0.3) is 17.4 Å². The lowest BCUT2D eigenvalue weighted by Crippen LogP contribution is -2.57. The lowest BCUT2D eigenvalue weighted by atomic mass is 9.86. The van der Waals surface area contributed by atoms with E-state index in [2.05, 4.69) is 53.2 Å². The van der Waals surface area contributed by atoms with E-state index in [1.165, 1.54) is 17.6 Å². The number of aliphatic hydroxyl groups is 1. The van der Waals surface area contributed by atoms with Gasteiger partial charge in [-0.05, 0) is 144 Å². The summed E-state index contributed by atoms with van der Waals surface area (Å²) in [5.74, 6) is -9.44. The summed E-state index contributed by atoms with van der Waals surface area (Å²) in [6, 6.07) is -3.05. The monoisotopic (exact) mass is 2080 g/mol. The highest BCUT2D eigenvalue weighted by molar-refractivity contribution is 6.13. The molecule has 0 bridgehead atoms. The molecule has 12 amide bonds. The molecule has 6 rings (SSSR count). The summed E-state index contributed by atoms with van der Waals surface area (Å²) in [5, 5.41) is 38.5. The fraction of sp³-hybridized carbons (Fsp3) is 0.690. The van der Waals surface area contributed by atoms with Crippen molar-refractivity contribution in [3.8, 4) is 11.4 Å². The quantitative estimate of drug-likeness (QED) is 0.0131. The highest BCUT2D eigenvalue weighted by atomic mass is 19.1. The summed E-state index contributed by atoms with van der Waals surface area (Å²) >= 11 is 0. The summed E-state index contributed by atoms with van der Waals surface area (Å²) in [6.07, 6.45) is 3.04. The van der Waals surface area contributed by atoms with E-state index in [4.69, 9.17) is 80.8 Å². The van der Waals surface area contributed by atoms with E-state index in [0.717, 1.165) is 23.1 Å². The number of pyridine rings is 2. The molecule has 0 saturated carbocycles. The normalized spacial score (nSPS) is 14.8. The Labute approximate surface area is 856 Å². The fourth-order valence-corrected chi connectivity index (χ4v) is 14.8. The molecule has 0 aliphatic carbocycles. The number of urea groups is 1. The summed E-state index contributed by atoms with van der Waals surface area (Å²) < 4.78 is 105. The summed E-state index contributed by atoms with van der Waals surface area (Å²) in [4.78, 5) is 214. The second-order valence-corrected chi connectivity index (χ2v) is 38.0. The third-order valence-corrected chi connectivity index (χ3v) is 22.3. The van der Waals surface area contributed by atoms with Gasteiger partial charge < -0.3 is 139 Å². The van der Waals surface area contributed by atoms with Crippen LogP contribution in [0.2, 0.25) is 0 Å². The number of halogens is 1. The molecule has 1 aromatic carbocycles. The molecule has 11 N–H and O–H groups in total. The molecule has 0 saturated heterocycles. The maximum Gasteiger partial charge on any atom is 0.343 e. The molecule has 147 heavy (non-hydrogen) atoms. The Morgan fingerprint density at radius 3 is 1.34 bits per heavy atom. The van der Waals surface area contributed by atoms with Gasteiger partial charge in [0.2, 0.25) is 47.3 Å². The number of rotatable bonds is 74. The van der Waals surface area contributed by atoms with Crippen LogP contribution in [0, 0.1) is 11.7 Å². The van der Waals surface area contributed by atoms with Crippen molar-refractivity contribution in [1.82, 2.24) is 62.3 Å². The van der Waals surface area contributed by atoms with Gasteiger partial charge in [-0.2, -0.15) is 0 Å². The predicted octanol–water partition coefficient (Wildman–Crippen LogP) is 3.18. The largest absolute Gasteiger partial charge is 0.460 e. The van der Waals surface area contributed by atoms with Gasteiger partial charge in [0.05, 0.1) is 193 Å². The minimum Gasteiger partial charge on any atom is -0.460 e. The van der Waals surface area contributed by atoms with Gasteiger partial charge >= 0.3 is 29.9 Å². The molecule has 6 atom stereocenters. The fourth-order valence-electron chi connectivity index (χ4n) is 14.8. The van der Waals surface area contributed by atoms with Crippen LogP contribution in [0.1, 0.15) is 203 Å². The number of imide groups is 1. The van der Waals surface area contributed by atoms with Crippen molar-refractivity contribution in [2.75, 3.05) is 197 Å². The van der Waals surface area contributed by atoms with Gasteiger partial charge in [0.1, 0.15) is 59.4 Å². The molecular formula is C100H154FN13O33. The first-order chi connectivity index (χ1) is 69.9. The first-order valence-corrected chi connectivity index (χ1v) is 50.2. The maximum atomic E-state index is 16.1. The number of carbonyl (C=O) groups is 15. The van der Waals surface area contributed by atoms with Crippen LogP contribution < -0.4 is 58.7 Å². The van der Waals surface area contributed by atoms with E-state index in [1.54, 1.807) is 89.2 Å². The highest BCUT2D eigenvalue weighted by Crippen LogP contribution is 2.41. The van der Waals surface area contributed by atoms with Crippen molar-refractivity contribution in [3.05, 3.63) is 68.8 Å². The summed E-state index contributed by atoms with van der Waals surface area (Å²) in [5.41, 5.74) is -2.76. The molecule has 2 aromatic heterocycles. The molecule has 0 fully saturated rings. The minimum absolute atomic E-state index is 0.0424. The summed E-state index contributed by atoms with van der Waals surface area (Å²) in [7, 11) is 0. The number of hydrogen-bond donors (Lipinski definition) is 11. The molecule has 0 unspecified atom stereocenters. The Balaban J connectivity index is 0.692. The molecule has 3 aliphatic heterocycles. The van der Waals surface area contributed by atoms with E-state index in [-0.39, 0.29) is 210 Å². The van der Waals surface area contributed by atoms with Crippen LogP contribution in [-0.2, 0) is 168 Å². The maximum absolute atomic E-state index is 16.1. The van der Waals surface area contributed by atoms with Crippen LogP contribution in [0.5, 0.6) is 0 Å². The number of esters is 4. The van der Waals surface area contributed by atoms with Gasteiger partial charge in [0, 0.05) is 106 Å². The van der Waals surface area contributed by atoms with Crippen LogP contribution in [0.4, 0.5) is 14.9 Å². The number of fused-ring (bicyclic) bond motifs is 5. The number of cyclic esters (lactones) is 1. The molecular weight excluding hydrogens is 1930 g/mol. The van der Waals surface area contributed by atoms with E-state index < -0.39 is 141 Å². The van der Waals surface area contributed by atoms with Gasteiger partial charge in [-0.25, -0.2) is 28.6 Å². The Morgan fingerprint density at radius 2 is 0.898 bits per heavy atom. The van der Waals surface area contributed by atoms with Crippen LogP contribution in [0.25, 0.3) is 22.3 Å². The zero-order valence-electron chi connectivity index (χ0n) is 87.4. The topological polar surface area (TPSA) is 582 Å². The van der Waals surface area contributed by atoms with Gasteiger partial charge in [0.15, 0.2) is 5.60 Å². The van der Waals surface area contributed by atoms with Crippen molar-refractivity contribution >= 4 is 106 Å². The highest BCUT2D eigenvalue weighted by Gasteiger charge is 2.46. The third kappa shape index (κ3) is 47.0. The number of anilines is 1. The molecule has 3 aliphatic rings. The van der Waals surface area contributed by atoms with E-state index >= 15 is 4.39 Å². The Morgan fingerprint density at radius 1 is 0.463 bits per heavy atom. The molecule has 46 nitrogen and oxygen atoms in total. The smallest absolute Gasteiger partial charge is 0.343 e. The van der Waals surface area contributed by atoms with Crippen molar-refractivity contribution in [3.63, 3.8) is 0 Å². The average Bonchev–Trinajstić information content (AvgIpc) is 1.57. The van der Waals surface area contributed by atoms with Crippen LogP contribution >= 0.6 is 0 Å². The zero-order valence-corrected chi connectivity index (χ0v) is 87.4. The average molecular weight is 2090 g/mol. The Hall–Kier alpha value is -11.2. The summed E-state index contributed by atoms with van der Waals surface area (Å²) in [6.45, 7) is 30.6. The predicted molar refractivity (Wildman–Crippen MR) is 529 cm³/mol. The number of benzene rings is 1. The first kappa shape index (κ1) is 124.